The fraction of sp³-hybridized carbons (Fsp3) is 0.235. The minimum Gasteiger partial charge on any atom is -0.326 e. The number of aryl methyl sites for hydroxylation is 1. The summed E-state index contributed by atoms with van der Waals surface area (Å²) in [6.07, 6.45) is 0.759. The first-order valence-electron chi connectivity index (χ1n) is 6.73. The van der Waals surface area contributed by atoms with Gasteiger partial charge in [-0.15, -0.1) is 0 Å². The fourth-order valence-electron chi connectivity index (χ4n) is 2.16. The van der Waals surface area contributed by atoms with Crippen molar-refractivity contribution in [3.8, 4) is 0 Å². The maximum Gasteiger partial charge on any atom is 0.231 e. The molecule has 2 aromatic carbocycles. The molecule has 3 heteroatoms. The number of carbonyl (C=O) groups is 1. The van der Waals surface area contributed by atoms with Crippen LogP contribution in [0.5, 0.6) is 0 Å². The van der Waals surface area contributed by atoms with E-state index in [0.717, 1.165) is 23.2 Å². The van der Waals surface area contributed by atoms with Crippen molar-refractivity contribution in [1.82, 2.24) is 0 Å². The summed E-state index contributed by atoms with van der Waals surface area (Å²) in [6.45, 7) is 3.95. The van der Waals surface area contributed by atoms with Gasteiger partial charge in [0.05, 0.1) is 5.92 Å². The van der Waals surface area contributed by atoms with Crippen LogP contribution in [0.25, 0.3) is 0 Å². The molecular formula is C17H18ClNO. The van der Waals surface area contributed by atoms with E-state index < -0.39 is 0 Å². The van der Waals surface area contributed by atoms with Crippen LogP contribution in [0.2, 0.25) is 5.02 Å². The lowest BCUT2D eigenvalue weighted by atomic mass is 9.95. The Morgan fingerprint density at radius 1 is 1.20 bits per heavy atom. The van der Waals surface area contributed by atoms with Crippen LogP contribution >= 0.6 is 11.6 Å². The average Bonchev–Trinajstić information content (AvgIpc) is 2.45. The Labute approximate surface area is 124 Å². The second-order valence-corrected chi connectivity index (χ2v) is 5.23. The molecule has 1 amide bonds. The Bertz CT molecular complexity index is 595. The summed E-state index contributed by atoms with van der Waals surface area (Å²) in [7, 11) is 0. The van der Waals surface area contributed by atoms with E-state index in [1.54, 1.807) is 6.07 Å². The van der Waals surface area contributed by atoms with Crippen LogP contribution in [-0.4, -0.2) is 5.91 Å². The molecule has 0 aliphatic carbocycles. The van der Waals surface area contributed by atoms with Crippen molar-refractivity contribution < 1.29 is 4.79 Å². The lowest BCUT2D eigenvalue weighted by molar-refractivity contribution is -0.117. The van der Waals surface area contributed by atoms with Crippen molar-refractivity contribution in [3.63, 3.8) is 0 Å². The number of halogens is 1. The number of carbonyl (C=O) groups excluding carboxylic acids is 1. The first-order chi connectivity index (χ1) is 9.61. The zero-order valence-electron chi connectivity index (χ0n) is 11.7. The van der Waals surface area contributed by atoms with Gasteiger partial charge in [-0.25, -0.2) is 0 Å². The third-order valence-electron chi connectivity index (χ3n) is 3.37. The summed E-state index contributed by atoms with van der Waals surface area (Å²) in [6, 6.07) is 15.4. The molecule has 0 fully saturated rings. The minimum atomic E-state index is -0.142. The maximum atomic E-state index is 12.4. The van der Waals surface area contributed by atoms with Gasteiger partial charge >= 0.3 is 0 Å². The van der Waals surface area contributed by atoms with E-state index >= 15 is 0 Å². The second-order valence-electron chi connectivity index (χ2n) is 4.82. The molecule has 0 radical (unpaired) electrons. The highest BCUT2D eigenvalue weighted by atomic mass is 35.5. The van der Waals surface area contributed by atoms with Gasteiger partial charge in [0.1, 0.15) is 0 Å². The quantitative estimate of drug-likeness (QED) is 0.861. The normalized spacial score (nSPS) is 11.9. The van der Waals surface area contributed by atoms with Gasteiger partial charge < -0.3 is 5.32 Å². The summed E-state index contributed by atoms with van der Waals surface area (Å²) >= 11 is 6.08. The Morgan fingerprint density at radius 3 is 2.50 bits per heavy atom. The summed E-state index contributed by atoms with van der Waals surface area (Å²) in [4.78, 5) is 12.4. The fourth-order valence-corrected chi connectivity index (χ4v) is 2.34. The molecule has 0 spiro atoms. The highest BCUT2D eigenvalue weighted by Gasteiger charge is 2.18. The molecule has 1 N–H and O–H groups in total. The molecule has 2 aromatic rings. The molecular weight excluding hydrogens is 270 g/mol. The third-order valence-corrected chi connectivity index (χ3v) is 3.77. The Kier molecular flexibility index (Phi) is 4.80. The number of hydrogen-bond acceptors (Lipinski definition) is 1. The number of anilines is 1. The van der Waals surface area contributed by atoms with Crippen LogP contribution in [-0.2, 0) is 4.79 Å². The van der Waals surface area contributed by atoms with Gasteiger partial charge in [-0.1, -0.05) is 54.9 Å². The number of hydrogen-bond donors (Lipinski definition) is 1. The number of rotatable bonds is 4. The average molecular weight is 288 g/mol. The van der Waals surface area contributed by atoms with Crippen molar-refractivity contribution in [2.75, 3.05) is 5.32 Å². The van der Waals surface area contributed by atoms with Crippen molar-refractivity contribution in [2.45, 2.75) is 26.2 Å². The van der Waals surface area contributed by atoms with Crippen molar-refractivity contribution >= 4 is 23.2 Å². The zero-order valence-corrected chi connectivity index (χ0v) is 12.4. The van der Waals surface area contributed by atoms with Gasteiger partial charge in [0.25, 0.3) is 0 Å². The van der Waals surface area contributed by atoms with E-state index in [1.165, 1.54) is 0 Å². The van der Waals surface area contributed by atoms with Crippen LogP contribution in [0.3, 0.4) is 0 Å². The molecule has 0 saturated carbocycles. The van der Waals surface area contributed by atoms with Gasteiger partial charge in [0.2, 0.25) is 5.91 Å². The Balaban J connectivity index is 2.15. The third kappa shape index (κ3) is 3.40. The molecule has 0 bridgehead atoms. The molecule has 2 nitrogen and oxygen atoms in total. The predicted octanol–water partition coefficient (Wildman–Crippen LogP) is 4.78. The first-order valence-corrected chi connectivity index (χ1v) is 7.11. The van der Waals surface area contributed by atoms with Crippen molar-refractivity contribution in [3.05, 3.63) is 64.7 Å². The van der Waals surface area contributed by atoms with Gasteiger partial charge in [-0.2, -0.15) is 0 Å². The zero-order chi connectivity index (χ0) is 14.5. The van der Waals surface area contributed by atoms with Crippen LogP contribution in [0.15, 0.2) is 48.5 Å². The van der Waals surface area contributed by atoms with Crippen LogP contribution in [0.4, 0.5) is 5.69 Å². The summed E-state index contributed by atoms with van der Waals surface area (Å²) in [5.41, 5.74) is 2.77. The number of nitrogens with one attached hydrogen (secondary N) is 1. The molecule has 104 valence electrons. The number of amides is 1. The first kappa shape index (κ1) is 14.6. The summed E-state index contributed by atoms with van der Waals surface area (Å²) in [5, 5.41) is 3.60. The summed E-state index contributed by atoms with van der Waals surface area (Å²) in [5.74, 6) is -0.144. The SMILES string of the molecule is CC[C@H](C(=O)Nc1ccc(C)c(Cl)c1)c1ccccc1. The molecule has 0 aliphatic rings. The standard InChI is InChI=1S/C17H18ClNO/c1-3-15(13-7-5-4-6-8-13)17(20)19-14-10-9-12(2)16(18)11-14/h4-11,15H,3H2,1-2H3,(H,19,20)/t15-/m0/s1. The molecule has 0 aliphatic heterocycles. The topological polar surface area (TPSA) is 29.1 Å². The monoisotopic (exact) mass is 287 g/mol. The van der Waals surface area contributed by atoms with Crippen LogP contribution in [0, 0.1) is 6.92 Å². The predicted molar refractivity (Wildman–Crippen MR) is 84.3 cm³/mol. The molecule has 0 unspecified atom stereocenters. The van der Waals surface area contributed by atoms with Crippen LogP contribution in [0.1, 0.15) is 30.4 Å². The van der Waals surface area contributed by atoms with E-state index in [0.29, 0.717) is 5.02 Å². The highest BCUT2D eigenvalue weighted by molar-refractivity contribution is 6.31. The molecule has 0 saturated heterocycles. The minimum absolute atomic E-state index is 0.00128. The van der Waals surface area contributed by atoms with Crippen LogP contribution < -0.4 is 5.32 Å². The number of benzene rings is 2. The van der Waals surface area contributed by atoms with Gasteiger partial charge in [0, 0.05) is 10.7 Å². The van der Waals surface area contributed by atoms with Gasteiger partial charge in [0.15, 0.2) is 0 Å². The molecule has 0 heterocycles. The maximum absolute atomic E-state index is 12.4. The van der Waals surface area contributed by atoms with Gasteiger partial charge in [-0.3, -0.25) is 4.79 Å². The van der Waals surface area contributed by atoms with E-state index in [-0.39, 0.29) is 11.8 Å². The Morgan fingerprint density at radius 2 is 1.90 bits per heavy atom. The molecule has 1 atom stereocenters. The summed E-state index contributed by atoms with van der Waals surface area (Å²) < 4.78 is 0. The molecule has 2 rings (SSSR count). The lowest BCUT2D eigenvalue weighted by Crippen LogP contribution is -2.20. The lowest BCUT2D eigenvalue weighted by Gasteiger charge is -2.15. The van der Waals surface area contributed by atoms with Gasteiger partial charge in [-0.05, 0) is 36.6 Å². The van der Waals surface area contributed by atoms with E-state index in [9.17, 15) is 4.79 Å². The highest BCUT2D eigenvalue weighted by Crippen LogP contribution is 2.24. The smallest absolute Gasteiger partial charge is 0.231 e. The van der Waals surface area contributed by atoms with E-state index in [2.05, 4.69) is 5.32 Å². The largest absolute Gasteiger partial charge is 0.326 e. The van der Waals surface area contributed by atoms with E-state index in [1.807, 2.05) is 56.3 Å². The van der Waals surface area contributed by atoms with Crippen molar-refractivity contribution in [1.29, 1.82) is 0 Å². The molecule has 20 heavy (non-hydrogen) atoms. The van der Waals surface area contributed by atoms with Crippen molar-refractivity contribution in [2.24, 2.45) is 0 Å². The molecule has 0 aromatic heterocycles. The van der Waals surface area contributed by atoms with E-state index in [4.69, 9.17) is 11.6 Å². The Hall–Kier alpha value is -1.80. The second kappa shape index (κ2) is 6.58.